The van der Waals surface area contributed by atoms with Crippen molar-refractivity contribution in [3.63, 3.8) is 0 Å². The number of hydrogen-bond acceptors (Lipinski definition) is 3. The number of carbonyl (C=O) groups is 1. The lowest BCUT2D eigenvalue weighted by Crippen LogP contribution is -2.39. The summed E-state index contributed by atoms with van der Waals surface area (Å²) in [5.74, 6) is 1.49. The monoisotopic (exact) mass is 344 g/mol. The molecule has 0 spiro atoms. The SMILES string of the molecule is Cn1c([C@H]2CCCN(C(=O)CCCc3ccccc3)C2)n[nH]c1=S. The summed E-state index contributed by atoms with van der Waals surface area (Å²) >= 11 is 5.19. The summed E-state index contributed by atoms with van der Waals surface area (Å²) in [4.78, 5) is 14.5. The molecule has 2 aromatic rings. The van der Waals surface area contributed by atoms with Gasteiger partial charge in [-0.2, -0.15) is 5.10 Å². The number of H-pyrrole nitrogens is 1. The summed E-state index contributed by atoms with van der Waals surface area (Å²) in [5, 5.41) is 7.19. The summed E-state index contributed by atoms with van der Waals surface area (Å²) in [7, 11) is 1.93. The lowest BCUT2D eigenvalue weighted by molar-refractivity contribution is -0.132. The highest BCUT2D eigenvalue weighted by atomic mass is 32.1. The second-order valence-electron chi connectivity index (χ2n) is 6.46. The molecule has 1 N–H and O–H groups in total. The second kappa shape index (κ2) is 7.75. The number of benzene rings is 1. The Morgan fingerprint density at radius 1 is 1.38 bits per heavy atom. The summed E-state index contributed by atoms with van der Waals surface area (Å²) in [6.45, 7) is 1.60. The lowest BCUT2D eigenvalue weighted by atomic mass is 9.96. The molecule has 1 aromatic carbocycles. The molecule has 6 heteroatoms. The maximum Gasteiger partial charge on any atom is 0.222 e. The largest absolute Gasteiger partial charge is 0.342 e. The van der Waals surface area contributed by atoms with Crippen molar-refractivity contribution in [2.45, 2.75) is 38.0 Å². The Labute approximate surface area is 147 Å². The van der Waals surface area contributed by atoms with E-state index in [2.05, 4.69) is 22.3 Å². The number of nitrogens with one attached hydrogen (secondary N) is 1. The van der Waals surface area contributed by atoms with Crippen LogP contribution in [0.25, 0.3) is 0 Å². The smallest absolute Gasteiger partial charge is 0.222 e. The van der Waals surface area contributed by atoms with Crippen LogP contribution in [0.1, 0.15) is 43.0 Å². The molecule has 2 heterocycles. The van der Waals surface area contributed by atoms with Crippen molar-refractivity contribution < 1.29 is 4.79 Å². The molecule has 3 rings (SSSR count). The zero-order valence-corrected chi connectivity index (χ0v) is 14.9. The first-order valence-corrected chi connectivity index (χ1v) is 8.99. The Hall–Kier alpha value is -1.95. The van der Waals surface area contributed by atoms with Crippen LogP contribution in [0.5, 0.6) is 0 Å². The number of aryl methyl sites for hydroxylation is 1. The normalized spacial score (nSPS) is 17.9. The molecule has 128 valence electrons. The van der Waals surface area contributed by atoms with Gasteiger partial charge in [0.1, 0.15) is 5.82 Å². The van der Waals surface area contributed by atoms with Crippen molar-refractivity contribution in [1.29, 1.82) is 0 Å². The highest BCUT2D eigenvalue weighted by molar-refractivity contribution is 7.71. The Morgan fingerprint density at radius 3 is 2.88 bits per heavy atom. The van der Waals surface area contributed by atoms with Crippen molar-refractivity contribution in [3.05, 3.63) is 46.5 Å². The Morgan fingerprint density at radius 2 is 2.17 bits per heavy atom. The van der Waals surface area contributed by atoms with Crippen LogP contribution in [-0.2, 0) is 18.3 Å². The number of aromatic nitrogens is 3. The summed E-state index contributed by atoms with van der Waals surface area (Å²) in [6.07, 6.45) is 4.55. The van der Waals surface area contributed by atoms with Crippen LogP contribution in [0, 0.1) is 4.77 Å². The van der Waals surface area contributed by atoms with Crippen LogP contribution < -0.4 is 0 Å². The number of carbonyl (C=O) groups excluding carboxylic acids is 1. The molecule has 5 nitrogen and oxygen atoms in total. The molecular weight excluding hydrogens is 320 g/mol. The maximum atomic E-state index is 12.5. The van der Waals surface area contributed by atoms with Gasteiger partial charge in [-0.3, -0.25) is 9.89 Å². The van der Waals surface area contributed by atoms with E-state index in [4.69, 9.17) is 12.2 Å². The van der Waals surface area contributed by atoms with Gasteiger partial charge in [0, 0.05) is 32.5 Å². The Kier molecular flexibility index (Phi) is 5.45. The zero-order chi connectivity index (χ0) is 16.9. The van der Waals surface area contributed by atoms with Gasteiger partial charge in [0.05, 0.1) is 0 Å². The van der Waals surface area contributed by atoms with Crippen molar-refractivity contribution >= 4 is 18.1 Å². The highest BCUT2D eigenvalue weighted by Gasteiger charge is 2.27. The number of nitrogens with zero attached hydrogens (tertiary/aromatic N) is 3. The number of hydrogen-bond donors (Lipinski definition) is 1. The van der Waals surface area contributed by atoms with Gasteiger partial charge in [-0.15, -0.1) is 0 Å². The predicted octanol–water partition coefficient (Wildman–Crippen LogP) is 3.21. The average Bonchev–Trinajstić information content (AvgIpc) is 2.95. The van der Waals surface area contributed by atoms with Gasteiger partial charge in [0.15, 0.2) is 4.77 Å². The minimum Gasteiger partial charge on any atom is -0.342 e. The van der Waals surface area contributed by atoms with Gasteiger partial charge in [0.25, 0.3) is 0 Å². The van der Waals surface area contributed by atoms with Gasteiger partial charge in [-0.1, -0.05) is 30.3 Å². The van der Waals surface area contributed by atoms with E-state index in [1.165, 1.54) is 5.56 Å². The fourth-order valence-corrected chi connectivity index (χ4v) is 3.52. The van der Waals surface area contributed by atoms with Gasteiger partial charge in [0.2, 0.25) is 5.91 Å². The molecular formula is C18H24N4OS. The molecule has 1 aliphatic heterocycles. The number of aromatic amines is 1. The molecule has 24 heavy (non-hydrogen) atoms. The van der Waals surface area contributed by atoms with Crippen LogP contribution in [0.2, 0.25) is 0 Å². The van der Waals surface area contributed by atoms with Crippen LogP contribution in [0.15, 0.2) is 30.3 Å². The van der Waals surface area contributed by atoms with Crippen molar-refractivity contribution in [3.8, 4) is 0 Å². The fourth-order valence-electron chi connectivity index (χ4n) is 3.39. The maximum absolute atomic E-state index is 12.5. The van der Waals surface area contributed by atoms with Crippen molar-refractivity contribution in [1.82, 2.24) is 19.7 Å². The van der Waals surface area contributed by atoms with Crippen LogP contribution >= 0.6 is 12.2 Å². The number of amides is 1. The molecule has 1 saturated heterocycles. The predicted molar refractivity (Wildman–Crippen MR) is 96.3 cm³/mol. The van der Waals surface area contributed by atoms with Crippen LogP contribution in [0.3, 0.4) is 0 Å². The molecule has 0 radical (unpaired) electrons. The standard InChI is InChI=1S/C18H24N4OS/c1-21-17(19-20-18(21)24)15-10-6-12-22(13-15)16(23)11-5-9-14-7-3-2-4-8-14/h2-4,7-8,15H,5-6,9-13H2,1H3,(H,20,24)/t15-/m0/s1. The van der Waals surface area contributed by atoms with E-state index in [1.807, 2.05) is 34.7 Å². The first-order valence-electron chi connectivity index (χ1n) is 8.58. The van der Waals surface area contributed by atoms with E-state index in [1.54, 1.807) is 0 Å². The number of rotatable bonds is 5. The molecule has 0 unspecified atom stereocenters. The fraction of sp³-hybridized carbons (Fsp3) is 0.500. The Bertz CT molecular complexity index is 737. The van der Waals surface area contributed by atoms with Crippen molar-refractivity contribution in [2.75, 3.05) is 13.1 Å². The summed E-state index contributed by atoms with van der Waals surface area (Å²) in [5.41, 5.74) is 1.29. The van der Waals surface area contributed by atoms with Gasteiger partial charge in [-0.25, -0.2) is 0 Å². The third kappa shape index (κ3) is 3.93. The van der Waals surface area contributed by atoms with Gasteiger partial charge < -0.3 is 9.47 Å². The average molecular weight is 344 g/mol. The molecule has 1 aliphatic rings. The van der Waals surface area contributed by atoms with Crippen LogP contribution in [-0.4, -0.2) is 38.7 Å². The van der Waals surface area contributed by atoms with Gasteiger partial charge in [-0.05, 0) is 43.5 Å². The molecule has 1 amide bonds. The molecule has 1 atom stereocenters. The molecule has 1 fully saturated rings. The van der Waals surface area contributed by atoms with E-state index >= 15 is 0 Å². The van der Waals surface area contributed by atoms with E-state index < -0.39 is 0 Å². The van der Waals surface area contributed by atoms with E-state index in [0.29, 0.717) is 11.2 Å². The van der Waals surface area contributed by atoms with Crippen LogP contribution in [0.4, 0.5) is 0 Å². The summed E-state index contributed by atoms with van der Waals surface area (Å²) < 4.78 is 2.56. The first-order chi connectivity index (χ1) is 11.6. The minimum atomic E-state index is 0.257. The van der Waals surface area contributed by atoms with Gasteiger partial charge >= 0.3 is 0 Å². The van der Waals surface area contributed by atoms with E-state index in [-0.39, 0.29) is 11.8 Å². The third-order valence-electron chi connectivity index (χ3n) is 4.75. The minimum absolute atomic E-state index is 0.257. The quantitative estimate of drug-likeness (QED) is 0.848. The summed E-state index contributed by atoms with van der Waals surface area (Å²) in [6, 6.07) is 10.3. The first kappa shape index (κ1) is 16.9. The van der Waals surface area contributed by atoms with E-state index in [0.717, 1.165) is 44.6 Å². The number of piperidine rings is 1. The zero-order valence-electron chi connectivity index (χ0n) is 14.1. The topological polar surface area (TPSA) is 53.9 Å². The molecule has 1 aromatic heterocycles. The number of likely N-dealkylation sites (tertiary alicyclic amines) is 1. The highest BCUT2D eigenvalue weighted by Crippen LogP contribution is 2.25. The van der Waals surface area contributed by atoms with E-state index in [9.17, 15) is 4.79 Å². The molecule has 0 bridgehead atoms. The Balaban J connectivity index is 1.53. The lowest BCUT2D eigenvalue weighted by Gasteiger charge is -2.32. The third-order valence-corrected chi connectivity index (χ3v) is 5.12. The van der Waals surface area contributed by atoms with Crippen molar-refractivity contribution in [2.24, 2.45) is 7.05 Å². The molecule has 0 aliphatic carbocycles. The molecule has 0 saturated carbocycles. The second-order valence-corrected chi connectivity index (χ2v) is 6.85.